The summed E-state index contributed by atoms with van der Waals surface area (Å²) in [6, 6.07) is 7.22. The summed E-state index contributed by atoms with van der Waals surface area (Å²) in [5.74, 6) is -1.57. The summed E-state index contributed by atoms with van der Waals surface area (Å²) in [6.07, 6.45) is 1.75. The van der Waals surface area contributed by atoms with Gasteiger partial charge >= 0.3 is 0 Å². The van der Waals surface area contributed by atoms with E-state index in [2.05, 4.69) is 15.0 Å². The van der Waals surface area contributed by atoms with E-state index in [-0.39, 0.29) is 19.6 Å². The molecule has 26 heavy (non-hydrogen) atoms. The SMILES string of the molecule is [C-]#[N+]c1c(-c2ccc3c(c2)OCO3)ccn2c(CC3CC3(F)F)nnc12. The first kappa shape index (κ1) is 15.1. The van der Waals surface area contributed by atoms with E-state index in [0.29, 0.717) is 34.2 Å². The molecule has 0 bridgehead atoms. The van der Waals surface area contributed by atoms with Crippen LogP contribution in [0.4, 0.5) is 14.5 Å². The van der Waals surface area contributed by atoms with Crippen LogP contribution < -0.4 is 9.47 Å². The van der Waals surface area contributed by atoms with E-state index in [9.17, 15) is 8.78 Å². The van der Waals surface area contributed by atoms with Gasteiger partial charge in [0.05, 0.1) is 6.57 Å². The van der Waals surface area contributed by atoms with Crippen LogP contribution in [0.3, 0.4) is 0 Å². The molecule has 0 spiro atoms. The normalized spacial score (nSPS) is 19.5. The highest BCUT2D eigenvalue weighted by molar-refractivity contribution is 5.88. The number of aromatic nitrogens is 3. The molecule has 2 aliphatic rings. The number of benzene rings is 1. The van der Waals surface area contributed by atoms with Gasteiger partial charge < -0.3 is 9.47 Å². The fraction of sp³-hybridized carbons (Fsp3) is 0.278. The largest absolute Gasteiger partial charge is 0.454 e. The zero-order valence-corrected chi connectivity index (χ0v) is 13.4. The standard InChI is InChI=1S/C18H12F2N4O2/c1-21-16-12(10-2-3-13-14(6-10)26-9-25-13)4-5-24-15(22-23-17(16)24)7-11-8-18(11,19)20/h2-6,11H,7-9H2. The molecular weight excluding hydrogens is 342 g/mol. The molecule has 1 saturated carbocycles. The Kier molecular flexibility index (Phi) is 2.98. The predicted octanol–water partition coefficient (Wildman–Crippen LogP) is 3.87. The number of nitrogens with zero attached hydrogens (tertiary/aromatic N) is 4. The van der Waals surface area contributed by atoms with Crippen molar-refractivity contribution < 1.29 is 18.3 Å². The Morgan fingerprint density at radius 1 is 1.23 bits per heavy atom. The van der Waals surface area contributed by atoms with Gasteiger partial charge in [0.2, 0.25) is 12.5 Å². The zero-order chi connectivity index (χ0) is 17.9. The Morgan fingerprint density at radius 3 is 2.81 bits per heavy atom. The van der Waals surface area contributed by atoms with E-state index in [4.69, 9.17) is 16.0 Å². The fourth-order valence-corrected chi connectivity index (χ4v) is 3.25. The minimum Gasteiger partial charge on any atom is -0.454 e. The molecule has 1 aromatic carbocycles. The van der Waals surface area contributed by atoms with Crippen molar-refractivity contribution in [3.8, 4) is 22.6 Å². The Morgan fingerprint density at radius 2 is 2.04 bits per heavy atom. The number of halogens is 2. The summed E-state index contributed by atoms with van der Waals surface area (Å²) < 4.78 is 38.7. The first-order valence-electron chi connectivity index (χ1n) is 8.09. The van der Waals surface area contributed by atoms with Crippen LogP contribution in [0.5, 0.6) is 11.5 Å². The average molecular weight is 354 g/mol. The molecule has 0 N–H and O–H groups in total. The molecule has 1 aliphatic heterocycles. The lowest BCUT2D eigenvalue weighted by Gasteiger charge is -2.08. The van der Waals surface area contributed by atoms with Crippen LogP contribution in [-0.2, 0) is 6.42 Å². The lowest BCUT2D eigenvalue weighted by molar-refractivity contribution is 0.0984. The molecule has 3 heterocycles. The molecule has 0 radical (unpaired) electrons. The van der Waals surface area contributed by atoms with Crippen molar-refractivity contribution in [3.05, 3.63) is 47.7 Å². The summed E-state index contributed by atoms with van der Waals surface area (Å²) in [5.41, 5.74) is 2.17. The monoisotopic (exact) mass is 354 g/mol. The van der Waals surface area contributed by atoms with Gasteiger partial charge in [0.15, 0.2) is 17.1 Å². The highest BCUT2D eigenvalue weighted by Crippen LogP contribution is 2.50. The van der Waals surface area contributed by atoms with Crippen LogP contribution in [0, 0.1) is 12.5 Å². The van der Waals surface area contributed by atoms with E-state index in [1.807, 2.05) is 12.1 Å². The van der Waals surface area contributed by atoms with Crippen molar-refractivity contribution >= 4 is 11.3 Å². The molecule has 6 nitrogen and oxygen atoms in total. The molecule has 1 unspecified atom stereocenters. The predicted molar refractivity (Wildman–Crippen MR) is 87.6 cm³/mol. The lowest BCUT2D eigenvalue weighted by Crippen LogP contribution is -2.02. The van der Waals surface area contributed by atoms with Crippen molar-refractivity contribution in [1.29, 1.82) is 0 Å². The Bertz CT molecular complexity index is 1090. The number of pyridine rings is 1. The second-order valence-electron chi connectivity index (χ2n) is 6.43. The van der Waals surface area contributed by atoms with Gasteiger partial charge in [0, 0.05) is 25.0 Å². The summed E-state index contributed by atoms with van der Waals surface area (Å²) in [4.78, 5) is 3.61. The van der Waals surface area contributed by atoms with Gasteiger partial charge in [-0.15, -0.1) is 10.2 Å². The Hall–Kier alpha value is -3.21. The van der Waals surface area contributed by atoms with Crippen molar-refractivity contribution in [2.45, 2.75) is 18.8 Å². The number of ether oxygens (including phenoxy) is 2. The first-order valence-corrected chi connectivity index (χ1v) is 8.09. The molecule has 1 fully saturated rings. The van der Waals surface area contributed by atoms with Crippen molar-refractivity contribution in [2.24, 2.45) is 5.92 Å². The van der Waals surface area contributed by atoms with Crippen molar-refractivity contribution in [3.63, 3.8) is 0 Å². The average Bonchev–Trinajstić information content (AvgIpc) is 3.00. The van der Waals surface area contributed by atoms with Crippen LogP contribution in [0.15, 0.2) is 30.5 Å². The molecule has 3 aromatic rings. The van der Waals surface area contributed by atoms with Crippen LogP contribution in [0.1, 0.15) is 12.2 Å². The summed E-state index contributed by atoms with van der Waals surface area (Å²) in [5, 5.41) is 8.11. The van der Waals surface area contributed by atoms with E-state index >= 15 is 0 Å². The highest BCUT2D eigenvalue weighted by atomic mass is 19.3. The van der Waals surface area contributed by atoms with E-state index < -0.39 is 11.8 Å². The minimum absolute atomic E-state index is 0.118. The van der Waals surface area contributed by atoms with Gasteiger partial charge in [0.25, 0.3) is 5.92 Å². The molecule has 2 aromatic heterocycles. The van der Waals surface area contributed by atoms with Gasteiger partial charge in [-0.2, -0.15) is 0 Å². The number of hydrogen-bond donors (Lipinski definition) is 0. The maximum absolute atomic E-state index is 13.2. The zero-order valence-electron chi connectivity index (χ0n) is 13.4. The number of hydrogen-bond acceptors (Lipinski definition) is 4. The van der Waals surface area contributed by atoms with Gasteiger partial charge in [-0.05, 0) is 29.3 Å². The third kappa shape index (κ3) is 2.20. The van der Waals surface area contributed by atoms with E-state index in [1.54, 1.807) is 22.7 Å². The van der Waals surface area contributed by atoms with Crippen LogP contribution >= 0.6 is 0 Å². The topological polar surface area (TPSA) is 53.0 Å². The van der Waals surface area contributed by atoms with Crippen LogP contribution in [-0.4, -0.2) is 27.3 Å². The Balaban J connectivity index is 1.58. The second kappa shape index (κ2) is 5.14. The summed E-state index contributed by atoms with van der Waals surface area (Å²) in [7, 11) is 0. The maximum atomic E-state index is 13.2. The maximum Gasteiger partial charge on any atom is 0.252 e. The Labute approximate surface area is 146 Å². The number of rotatable bonds is 3. The second-order valence-corrected chi connectivity index (χ2v) is 6.43. The van der Waals surface area contributed by atoms with Gasteiger partial charge in [0.1, 0.15) is 5.82 Å². The molecule has 8 heteroatoms. The first-order chi connectivity index (χ1) is 12.6. The third-order valence-electron chi connectivity index (χ3n) is 4.80. The van der Waals surface area contributed by atoms with Gasteiger partial charge in [-0.3, -0.25) is 4.40 Å². The summed E-state index contributed by atoms with van der Waals surface area (Å²) in [6.45, 7) is 7.74. The van der Waals surface area contributed by atoms with Gasteiger partial charge in [-0.1, -0.05) is 6.07 Å². The van der Waals surface area contributed by atoms with E-state index in [0.717, 1.165) is 5.56 Å². The van der Waals surface area contributed by atoms with Crippen LogP contribution in [0.25, 0.3) is 21.6 Å². The van der Waals surface area contributed by atoms with Gasteiger partial charge in [-0.25, -0.2) is 13.6 Å². The lowest BCUT2D eigenvalue weighted by atomic mass is 10.0. The van der Waals surface area contributed by atoms with E-state index in [1.165, 1.54) is 0 Å². The molecule has 5 rings (SSSR count). The number of fused-ring (bicyclic) bond motifs is 2. The minimum atomic E-state index is -2.61. The molecule has 1 atom stereocenters. The number of alkyl halides is 2. The molecule has 0 amide bonds. The fourth-order valence-electron chi connectivity index (χ4n) is 3.25. The third-order valence-corrected chi connectivity index (χ3v) is 4.80. The molecule has 0 saturated heterocycles. The quantitative estimate of drug-likeness (QED) is 0.670. The van der Waals surface area contributed by atoms with Crippen LogP contribution in [0.2, 0.25) is 0 Å². The highest BCUT2D eigenvalue weighted by Gasteiger charge is 2.56. The molecular formula is C18H12F2N4O2. The summed E-state index contributed by atoms with van der Waals surface area (Å²) >= 11 is 0. The smallest absolute Gasteiger partial charge is 0.252 e. The molecule has 1 aliphatic carbocycles. The van der Waals surface area contributed by atoms with Crippen molar-refractivity contribution in [2.75, 3.05) is 6.79 Å². The molecule has 130 valence electrons. The van der Waals surface area contributed by atoms with Crippen molar-refractivity contribution in [1.82, 2.24) is 14.6 Å².